The van der Waals surface area contributed by atoms with Crippen molar-refractivity contribution >= 4 is 10.8 Å². The average Bonchev–Trinajstić information content (AvgIpc) is 3.01. The van der Waals surface area contributed by atoms with E-state index in [4.69, 9.17) is 4.74 Å². The average molecular weight is 270 g/mol. The van der Waals surface area contributed by atoms with Crippen molar-refractivity contribution in [1.29, 1.82) is 0 Å². The summed E-state index contributed by atoms with van der Waals surface area (Å²) in [6.07, 6.45) is 8.95. The Balaban J connectivity index is 1.79. The lowest BCUT2D eigenvalue weighted by Gasteiger charge is -2.20. The lowest BCUT2D eigenvalue weighted by atomic mass is 9.95. The third-order valence-electron chi connectivity index (χ3n) is 4.24. The van der Waals surface area contributed by atoms with Crippen LogP contribution in [0.15, 0.2) is 36.7 Å². The summed E-state index contributed by atoms with van der Waals surface area (Å²) in [5.41, 5.74) is 1.37. The lowest BCUT2D eigenvalue weighted by molar-refractivity contribution is 0.0999. The van der Waals surface area contributed by atoms with Gasteiger partial charge in [0.15, 0.2) is 0 Å². The number of ether oxygens (including phenoxy) is 1. The van der Waals surface area contributed by atoms with E-state index in [-0.39, 0.29) is 0 Å². The Morgan fingerprint density at radius 3 is 3.15 bits per heavy atom. The van der Waals surface area contributed by atoms with Crippen LogP contribution in [0.1, 0.15) is 37.3 Å². The van der Waals surface area contributed by atoms with Crippen LogP contribution in [0.25, 0.3) is 10.8 Å². The quantitative estimate of drug-likeness (QED) is 0.903. The van der Waals surface area contributed by atoms with Gasteiger partial charge in [-0.2, -0.15) is 0 Å². The molecule has 1 fully saturated rings. The van der Waals surface area contributed by atoms with E-state index in [1.54, 1.807) is 0 Å². The maximum absolute atomic E-state index is 5.73. The molecule has 1 aliphatic rings. The number of hydrogen-bond acceptors (Lipinski definition) is 3. The smallest absolute Gasteiger partial charge is 0.0576 e. The zero-order chi connectivity index (χ0) is 13.8. The van der Waals surface area contributed by atoms with Gasteiger partial charge in [0.1, 0.15) is 0 Å². The first-order chi connectivity index (χ1) is 9.88. The lowest BCUT2D eigenvalue weighted by Crippen LogP contribution is -2.19. The Kier molecular flexibility index (Phi) is 4.28. The molecule has 1 aromatic heterocycles. The molecule has 1 aromatic carbocycles. The highest BCUT2D eigenvalue weighted by molar-refractivity contribution is 5.85. The van der Waals surface area contributed by atoms with Gasteiger partial charge in [-0.25, -0.2) is 0 Å². The van der Waals surface area contributed by atoms with Crippen molar-refractivity contribution in [2.45, 2.75) is 37.8 Å². The molecule has 2 heterocycles. The standard InChI is InChI=1S/C17H22N2O/c1-18-17(8-7-14-5-3-11-20-14)16-6-2-4-13-12-19-10-9-15(13)16/h2,4,6,9-10,12,14,17-18H,3,5,7-8,11H2,1H3. The Bertz CT molecular complexity index is 558. The van der Waals surface area contributed by atoms with Crippen LogP contribution in [0, 0.1) is 0 Å². The Morgan fingerprint density at radius 1 is 1.40 bits per heavy atom. The summed E-state index contributed by atoms with van der Waals surface area (Å²) in [5.74, 6) is 0. The molecule has 2 unspecified atom stereocenters. The molecule has 20 heavy (non-hydrogen) atoms. The number of nitrogens with one attached hydrogen (secondary N) is 1. The highest BCUT2D eigenvalue weighted by Crippen LogP contribution is 2.28. The van der Waals surface area contributed by atoms with Crippen molar-refractivity contribution in [2.75, 3.05) is 13.7 Å². The van der Waals surface area contributed by atoms with Gasteiger partial charge in [-0.1, -0.05) is 18.2 Å². The summed E-state index contributed by atoms with van der Waals surface area (Å²) in [5, 5.41) is 5.97. The van der Waals surface area contributed by atoms with Crippen molar-refractivity contribution in [3.8, 4) is 0 Å². The minimum atomic E-state index is 0.380. The zero-order valence-electron chi connectivity index (χ0n) is 12.0. The van der Waals surface area contributed by atoms with Crippen LogP contribution in [0.2, 0.25) is 0 Å². The molecule has 3 heteroatoms. The third-order valence-corrected chi connectivity index (χ3v) is 4.24. The zero-order valence-corrected chi connectivity index (χ0v) is 12.0. The molecule has 3 rings (SSSR count). The van der Waals surface area contributed by atoms with Gasteiger partial charge in [0.2, 0.25) is 0 Å². The van der Waals surface area contributed by atoms with Gasteiger partial charge < -0.3 is 10.1 Å². The molecule has 3 nitrogen and oxygen atoms in total. The fourth-order valence-electron chi connectivity index (χ4n) is 3.13. The predicted molar refractivity (Wildman–Crippen MR) is 81.8 cm³/mol. The number of benzene rings is 1. The van der Waals surface area contributed by atoms with E-state index in [0.717, 1.165) is 19.4 Å². The maximum Gasteiger partial charge on any atom is 0.0576 e. The molecule has 1 aliphatic heterocycles. The molecule has 106 valence electrons. The minimum absolute atomic E-state index is 0.380. The van der Waals surface area contributed by atoms with Crippen molar-refractivity contribution in [2.24, 2.45) is 0 Å². The molecule has 0 saturated carbocycles. The molecule has 0 aliphatic carbocycles. The van der Waals surface area contributed by atoms with Crippen LogP contribution in [-0.2, 0) is 4.74 Å². The highest BCUT2D eigenvalue weighted by atomic mass is 16.5. The summed E-state index contributed by atoms with van der Waals surface area (Å²) in [6, 6.07) is 8.96. The van der Waals surface area contributed by atoms with Crippen LogP contribution in [-0.4, -0.2) is 24.7 Å². The Hall–Kier alpha value is -1.45. The summed E-state index contributed by atoms with van der Waals surface area (Å²) >= 11 is 0. The number of hydrogen-bond donors (Lipinski definition) is 1. The summed E-state index contributed by atoms with van der Waals surface area (Å²) in [4.78, 5) is 4.21. The summed E-state index contributed by atoms with van der Waals surface area (Å²) in [7, 11) is 2.04. The molecule has 0 bridgehead atoms. The highest BCUT2D eigenvalue weighted by Gasteiger charge is 2.19. The van der Waals surface area contributed by atoms with Gasteiger partial charge in [-0.3, -0.25) is 4.98 Å². The van der Waals surface area contributed by atoms with E-state index in [0.29, 0.717) is 12.1 Å². The van der Waals surface area contributed by atoms with Gasteiger partial charge in [0, 0.05) is 30.4 Å². The number of aromatic nitrogens is 1. The van der Waals surface area contributed by atoms with Gasteiger partial charge in [0.05, 0.1) is 6.10 Å². The number of pyridine rings is 1. The van der Waals surface area contributed by atoms with E-state index in [2.05, 4.69) is 34.6 Å². The number of fused-ring (bicyclic) bond motifs is 1. The van der Waals surface area contributed by atoms with E-state index in [9.17, 15) is 0 Å². The molecule has 1 N–H and O–H groups in total. The molecule has 0 spiro atoms. The van der Waals surface area contributed by atoms with Crippen LogP contribution in [0.4, 0.5) is 0 Å². The second-order valence-electron chi connectivity index (χ2n) is 5.50. The second kappa shape index (κ2) is 6.33. The van der Waals surface area contributed by atoms with Crippen LogP contribution in [0.5, 0.6) is 0 Å². The molecular formula is C17H22N2O. The van der Waals surface area contributed by atoms with Crippen LogP contribution < -0.4 is 5.32 Å². The van der Waals surface area contributed by atoms with Gasteiger partial charge >= 0.3 is 0 Å². The number of nitrogens with zero attached hydrogens (tertiary/aromatic N) is 1. The second-order valence-corrected chi connectivity index (χ2v) is 5.50. The normalized spacial score (nSPS) is 20.4. The molecule has 2 aromatic rings. The van der Waals surface area contributed by atoms with Crippen LogP contribution >= 0.6 is 0 Å². The molecule has 0 amide bonds. The molecule has 1 saturated heterocycles. The molecular weight excluding hydrogens is 248 g/mol. The third kappa shape index (κ3) is 2.84. The van der Waals surface area contributed by atoms with E-state index < -0.39 is 0 Å². The monoisotopic (exact) mass is 270 g/mol. The van der Waals surface area contributed by atoms with Gasteiger partial charge in [-0.15, -0.1) is 0 Å². The van der Waals surface area contributed by atoms with E-state index in [1.807, 2.05) is 19.4 Å². The SMILES string of the molecule is CNC(CCC1CCCO1)c1cccc2cnccc12. The van der Waals surface area contributed by atoms with Crippen molar-refractivity contribution < 1.29 is 4.74 Å². The van der Waals surface area contributed by atoms with E-state index in [1.165, 1.54) is 29.2 Å². The minimum Gasteiger partial charge on any atom is -0.378 e. The number of rotatable bonds is 5. The van der Waals surface area contributed by atoms with Crippen molar-refractivity contribution in [3.63, 3.8) is 0 Å². The van der Waals surface area contributed by atoms with E-state index >= 15 is 0 Å². The Labute approximate surface area is 120 Å². The van der Waals surface area contributed by atoms with Crippen LogP contribution in [0.3, 0.4) is 0 Å². The van der Waals surface area contributed by atoms with Crippen molar-refractivity contribution in [3.05, 3.63) is 42.2 Å². The predicted octanol–water partition coefficient (Wildman–Crippen LogP) is 3.45. The largest absolute Gasteiger partial charge is 0.378 e. The fourth-order valence-corrected chi connectivity index (χ4v) is 3.13. The fraction of sp³-hybridized carbons (Fsp3) is 0.471. The summed E-state index contributed by atoms with van der Waals surface area (Å²) < 4.78 is 5.73. The summed E-state index contributed by atoms with van der Waals surface area (Å²) in [6.45, 7) is 0.939. The Morgan fingerprint density at radius 2 is 2.35 bits per heavy atom. The topological polar surface area (TPSA) is 34.1 Å². The van der Waals surface area contributed by atoms with Gasteiger partial charge in [-0.05, 0) is 49.7 Å². The van der Waals surface area contributed by atoms with Gasteiger partial charge in [0.25, 0.3) is 0 Å². The maximum atomic E-state index is 5.73. The molecule has 2 atom stereocenters. The first-order valence-electron chi connectivity index (χ1n) is 7.50. The van der Waals surface area contributed by atoms with Crippen molar-refractivity contribution in [1.82, 2.24) is 10.3 Å². The molecule has 0 radical (unpaired) electrons. The first-order valence-corrected chi connectivity index (χ1v) is 7.50. The first kappa shape index (κ1) is 13.5.